The summed E-state index contributed by atoms with van der Waals surface area (Å²) >= 11 is 3.34. The first-order valence-corrected chi connectivity index (χ1v) is 8.21. The minimum absolute atomic E-state index is 0.128. The van der Waals surface area contributed by atoms with Crippen LogP contribution in [0.15, 0.2) is 10.7 Å². The van der Waals surface area contributed by atoms with Crippen molar-refractivity contribution < 1.29 is 8.85 Å². The molecule has 3 rings (SSSR count). The lowest BCUT2D eigenvalue weighted by atomic mass is 9.85. The van der Waals surface area contributed by atoms with Crippen LogP contribution in [0.1, 0.15) is 30.4 Å². The Bertz CT molecular complexity index is 887. The first-order valence-electron chi connectivity index (χ1n) is 8.92. The molecule has 0 radical (unpaired) electrons. The summed E-state index contributed by atoms with van der Waals surface area (Å²) in [6.07, 6.45) is 0. The summed E-state index contributed by atoms with van der Waals surface area (Å²) in [5.41, 5.74) is 0.477. The van der Waals surface area contributed by atoms with Gasteiger partial charge in [0.1, 0.15) is 11.3 Å². The van der Waals surface area contributed by atoms with Crippen molar-refractivity contribution >= 4 is 32.8 Å². The van der Waals surface area contributed by atoms with E-state index >= 15 is 0 Å². The van der Waals surface area contributed by atoms with Gasteiger partial charge in [0, 0.05) is 23.2 Å². The van der Waals surface area contributed by atoms with Crippen molar-refractivity contribution in [1.29, 1.82) is 5.26 Å². The second kappa shape index (κ2) is 5.77. The van der Waals surface area contributed by atoms with Gasteiger partial charge in [-0.05, 0) is 42.8 Å². The second-order valence-electron chi connectivity index (χ2n) is 6.28. The van der Waals surface area contributed by atoms with Crippen molar-refractivity contribution in [2.24, 2.45) is 6.98 Å². The van der Waals surface area contributed by atoms with E-state index in [1.165, 1.54) is 0 Å². The van der Waals surface area contributed by atoms with Crippen molar-refractivity contribution in [2.75, 3.05) is 24.7 Å². The van der Waals surface area contributed by atoms with Gasteiger partial charge in [0.2, 0.25) is 0 Å². The zero-order valence-electron chi connectivity index (χ0n) is 16.3. The summed E-state index contributed by atoms with van der Waals surface area (Å²) in [7, 11) is 0. The molecule has 2 aromatic heterocycles. The van der Waals surface area contributed by atoms with Crippen molar-refractivity contribution in [3.05, 3.63) is 16.2 Å². The van der Waals surface area contributed by atoms with Crippen molar-refractivity contribution in [3.63, 3.8) is 0 Å². The molecule has 1 aliphatic heterocycles. The number of nitrogens with zero attached hydrogens (tertiary/aromatic N) is 5. The van der Waals surface area contributed by atoms with Crippen LogP contribution in [0.4, 0.5) is 5.82 Å². The van der Waals surface area contributed by atoms with Crippen molar-refractivity contribution in [1.82, 2.24) is 14.8 Å². The molecule has 23 heavy (non-hydrogen) atoms. The number of fused-ring (bicyclic) bond motifs is 1. The fourth-order valence-electron chi connectivity index (χ4n) is 2.82. The van der Waals surface area contributed by atoms with Gasteiger partial charge in [-0.15, -0.1) is 0 Å². The van der Waals surface area contributed by atoms with E-state index in [0.29, 0.717) is 46.8 Å². The fraction of sp³-hybridized carbons (Fsp3) is 0.562. The number of pyridine rings is 1. The lowest BCUT2D eigenvalue weighted by molar-refractivity contribution is 0.0985. The number of nitriles is 1. The Kier molecular flexibility index (Phi) is 3.19. The molecule has 1 aliphatic rings. The molecule has 0 bridgehead atoms. The highest BCUT2D eigenvalue weighted by molar-refractivity contribution is 9.10. The second-order valence-corrected chi connectivity index (χ2v) is 7.03. The first kappa shape index (κ1) is 12.7. The van der Waals surface area contributed by atoms with Crippen LogP contribution >= 0.6 is 15.9 Å². The predicted molar refractivity (Wildman–Crippen MR) is 92.5 cm³/mol. The summed E-state index contributed by atoms with van der Waals surface area (Å²) in [5, 5.41) is 13.8. The molecule has 3 heterocycles. The van der Waals surface area contributed by atoms with Gasteiger partial charge < -0.3 is 9.64 Å². The lowest BCUT2D eigenvalue weighted by Gasteiger charge is -2.35. The number of hydrogen-bond acceptors (Lipinski definition) is 5. The SMILES string of the molecule is [2H]C([2H])([2H])n1nc(Br)c2nc(N3CCOC[C@H]3C)cc(C(C)(C)C#N)c21. The number of morpholine rings is 1. The van der Waals surface area contributed by atoms with Gasteiger partial charge >= 0.3 is 0 Å². The maximum atomic E-state index is 9.67. The summed E-state index contributed by atoms with van der Waals surface area (Å²) < 4.78 is 30.2. The maximum Gasteiger partial charge on any atom is 0.154 e. The summed E-state index contributed by atoms with van der Waals surface area (Å²) in [6.45, 7) is 4.96. The molecule has 7 heteroatoms. The molecule has 0 amide bonds. The Morgan fingerprint density at radius 2 is 2.35 bits per heavy atom. The number of rotatable bonds is 2. The smallest absolute Gasteiger partial charge is 0.154 e. The van der Waals surface area contributed by atoms with Crippen molar-refractivity contribution in [2.45, 2.75) is 32.2 Å². The molecule has 1 saturated heterocycles. The van der Waals surface area contributed by atoms with Crippen LogP contribution in [-0.4, -0.2) is 40.6 Å². The monoisotopic (exact) mass is 380 g/mol. The summed E-state index contributed by atoms with van der Waals surface area (Å²) in [5.74, 6) is 0.692. The highest BCUT2D eigenvalue weighted by atomic mass is 79.9. The number of aromatic nitrogens is 3. The van der Waals surface area contributed by atoms with Gasteiger partial charge in [-0.1, -0.05) is 0 Å². The number of hydrogen-bond donors (Lipinski definition) is 0. The third-order valence-corrected chi connectivity index (χ3v) is 4.72. The third-order valence-electron chi connectivity index (χ3n) is 4.19. The van der Waals surface area contributed by atoms with Crippen LogP contribution < -0.4 is 4.90 Å². The Labute approximate surface area is 148 Å². The first-order chi connectivity index (χ1) is 12.1. The molecular formula is C16H20BrN5O. The Balaban J connectivity index is 2.33. The molecule has 0 aliphatic carbocycles. The zero-order valence-corrected chi connectivity index (χ0v) is 14.9. The molecule has 122 valence electrons. The summed E-state index contributed by atoms with van der Waals surface area (Å²) in [6, 6.07) is 4.21. The minimum Gasteiger partial charge on any atom is -0.377 e. The molecule has 0 unspecified atom stereocenters. The standard InChI is InChI=1S/C16H20BrN5O/c1-10-8-23-6-5-22(10)12-7-11(16(2,3)9-18)14-13(19-12)15(17)20-21(14)4/h7,10H,5-6,8H2,1-4H3/t10-/m1/s1/i4D3. The van der Waals surface area contributed by atoms with Gasteiger partial charge in [-0.3, -0.25) is 4.68 Å². The van der Waals surface area contributed by atoms with Crippen LogP contribution in [0.2, 0.25) is 0 Å². The largest absolute Gasteiger partial charge is 0.377 e. The maximum absolute atomic E-state index is 9.67. The van der Waals surface area contributed by atoms with Crippen LogP contribution in [0.5, 0.6) is 0 Å². The number of aryl methyl sites for hydroxylation is 1. The topological polar surface area (TPSA) is 67.0 Å². The van der Waals surface area contributed by atoms with Gasteiger partial charge in [-0.25, -0.2) is 4.98 Å². The number of halogens is 1. The van der Waals surface area contributed by atoms with E-state index in [9.17, 15) is 5.26 Å². The Morgan fingerprint density at radius 3 is 3.00 bits per heavy atom. The molecule has 6 nitrogen and oxygen atoms in total. The molecule has 0 aromatic carbocycles. The van der Waals surface area contributed by atoms with Gasteiger partial charge in [0.25, 0.3) is 0 Å². The molecule has 2 aromatic rings. The average Bonchev–Trinajstić information content (AvgIpc) is 2.92. The van der Waals surface area contributed by atoms with E-state index in [2.05, 4.69) is 37.0 Å². The van der Waals surface area contributed by atoms with Crippen LogP contribution in [0, 0.1) is 11.3 Å². The van der Waals surface area contributed by atoms with E-state index in [-0.39, 0.29) is 6.04 Å². The predicted octanol–water partition coefficient (Wildman–Crippen LogP) is 2.76. The van der Waals surface area contributed by atoms with E-state index in [1.54, 1.807) is 13.8 Å². The average molecular weight is 381 g/mol. The molecule has 0 saturated carbocycles. The fourth-order valence-corrected chi connectivity index (χ4v) is 3.25. The van der Waals surface area contributed by atoms with Crippen molar-refractivity contribution in [3.8, 4) is 6.07 Å². The highest BCUT2D eigenvalue weighted by Gasteiger charge is 2.29. The van der Waals surface area contributed by atoms with E-state index in [1.807, 2.05) is 13.0 Å². The minimum atomic E-state index is -2.47. The van der Waals surface area contributed by atoms with E-state index in [4.69, 9.17) is 8.85 Å². The van der Waals surface area contributed by atoms with Crippen LogP contribution in [0.3, 0.4) is 0 Å². The molecule has 0 spiro atoms. The summed E-state index contributed by atoms with van der Waals surface area (Å²) in [4.78, 5) is 6.78. The van der Waals surface area contributed by atoms with Gasteiger partial charge in [-0.2, -0.15) is 10.4 Å². The molecule has 0 N–H and O–H groups in total. The highest BCUT2D eigenvalue weighted by Crippen LogP contribution is 2.35. The van der Waals surface area contributed by atoms with E-state index in [0.717, 1.165) is 4.68 Å². The quantitative estimate of drug-likeness (QED) is 0.800. The van der Waals surface area contributed by atoms with Gasteiger partial charge in [0.05, 0.1) is 36.3 Å². The molecular weight excluding hydrogens is 358 g/mol. The number of anilines is 1. The molecule has 1 atom stereocenters. The normalized spacial score (nSPS) is 21.6. The van der Waals surface area contributed by atoms with Crippen LogP contribution in [-0.2, 0) is 17.1 Å². The lowest BCUT2D eigenvalue weighted by Crippen LogP contribution is -2.44. The third kappa shape index (κ3) is 2.70. The van der Waals surface area contributed by atoms with E-state index < -0.39 is 12.4 Å². The Hall–Kier alpha value is -1.65. The molecule has 1 fully saturated rings. The van der Waals surface area contributed by atoms with Crippen LogP contribution in [0.25, 0.3) is 11.0 Å². The zero-order chi connectivity index (χ0) is 19.3. The Morgan fingerprint density at radius 1 is 1.57 bits per heavy atom. The van der Waals surface area contributed by atoms with Gasteiger partial charge in [0.15, 0.2) is 4.60 Å². The number of ether oxygens (including phenoxy) is 1.